The molecule has 38 heavy (non-hydrogen) atoms. The largest absolute Gasteiger partial charge is 0.458 e. The summed E-state index contributed by atoms with van der Waals surface area (Å²) in [4.78, 5) is 44.6. The highest BCUT2D eigenvalue weighted by molar-refractivity contribution is 5.89. The Labute approximate surface area is 219 Å². The number of cyclic esters (lactones) is 1. The van der Waals surface area contributed by atoms with Crippen molar-refractivity contribution in [3.8, 4) is 11.4 Å². The monoisotopic (exact) mass is 522 g/mol. The van der Waals surface area contributed by atoms with E-state index >= 15 is 0 Å². The lowest BCUT2D eigenvalue weighted by Gasteiger charge is -2.31. The number of fused-ring (bicyclic) bond motifs is 5. The molecule has 0 bridgehead atoms. The number of amides is 1. The van der Waals surface area contributed by atoms with Crippen LogP contribution in [0.15, 0.2) is 23.0 Å². The predicted molar refractivity (Wildman–Crippen MR) is 139 cm³/mol. The highest BCUT2D eigenvalue weighted by Gasteiger charge is 2.45. The first-order valence-electron chi connectivity index (χ1n) is 12.9. The molecule has 5 rings (SSSR count). The van der Waals surface area contributed by atoms with Crippen LogP contribution in [0.1, 0.15) is 54.5 Å². The summed E-state index contributed by atoms with van der Waals surface area (Å²) < 4.78 is 21.3. The van der Waals surface area contributed by atoms with Crippen molar-refractivity contribution < 1.29 is 23.8 Å². The molecule has 0 radical (unpaired) electrons. The number of nitrogens with zero attached hydrogens (tertiary/aromatic N) is 3. The molecule has 0 spiro atoms. The number of aromatic nitrogens is 2. The Morgan fingerprint density at radius 2 is 2.03 bits per heavy atom. The molecule has 2 aliphatic rings. The van der Waals surface area contributed by atoms with Crippen LogP contribution < -0.4 is 11.3 Å². The van der Waals surface area contributed by atoms with Gasteiger partial charge in [0.1, 0.15) is 12.4 Å². The average Bonchev–Trinajstić information content (AvgIpc) is 3.27. The minimum Gasteiger partial charge on any atom is -0.458 e. The standard InChI is InChI=1S/C28H31FN4O5/c1-4-28(37)20-10-23-25-18(13-33(23)26(35)19(20)14-38-27(28)36)16(7-6-8-32(5-2)24(34)12-30)17-9-15(3)21(29)11-22(17)31-25/h9-11,37H,4-8,12-14,30H2,1-3H3/t28-/m0/s1. The van der Waals surface area contributed by atoms with Crippen LogP contribution in [0.3, 0.4) is 0 Å². The number of pyridine rings is 2. The van der Waals surface area contributed by atoms with Gasteiger partial charge in [0.25, 0.3) is 5.56 Å². The van der Waals surface area contributed by atoms with Crippen molar-refractivity contribution in [1.82, 2.24) is 14.5 Å². The summed E-state index contributed by atoms with van der Waals surface area (Å²) in [5, 5.41) is 11.9. The molecule has 0 saturated carbocycles. The second-order valence-electron chi connectivity index (χ2n) is 9.92. The van der Waals surface area contributed by atoms with E-state index in [0.29, 0.717) is 48.4 Å². The van der Waals surface area contributed by atoms with E-state index in [1.54, 1.807) is 35.4 Å². The zero-order valence-corrected chi connectivity index (χ0v) is 21.8. The van der Waals surface area contributed by atoms with E-state index in [1.807, 2.05) is 6.92 Å². The number of benzene rings is 1. The number of aryl methyl sites for hydroxylation is 2. The van der Waals surface area contributed by atoms with Gasteiger partial charge >= 0.3 is 5.97 Å². The maximum absolute atomic E-state index is 14.6. The molecule has 1 amide bonds. The Hall–Kier alpha value is -3.63. The Morgan fingerprint density at radius 3 is 2.71 bits per heavy atom. The van der Waals surface area contributed by atoms with E-state index in [2.05, 4.69) is 0 Å². The van der Waals surface area contributed by atoms with E-state index in [-0.39, 0.29) is 54.5 Å². The Bertz CT molecular complexity index is 1550. The molecule has 200 valence electrons. The normalized spacial score (nSPS) is 17.7. The topological polar surface area (TPSA) is 128 Å². The van der Waals surface area contributed by atoms with Crippen LogP contribution >= 0.6 is 0 Å². The molecule has 0 saturated heterocycles. The van der Waals surface area contributed by atoms with Crippen molar-refractivity contribution in [2.75, 3.05) is 19.6 Å². The first kappa shape index (κ1) is 26.0. The van der Waals surface area contributed by atoms with Crippen LogP contribution in [0.2, 0.25) is 0 Å². The lowest BCUT2D eigenvalue weighted by molar-refractivity contribution is -0.172. The molecule has 3 aromatic rings. The molecule has 3 N–H and O–H groups in total. The van der Waals surface area contributed by atoms with Gasteiger partial charge < -0.3 is 25.0 Å². The van der Waals surface area contributed by atoms with Gasteiger partial charge in [-0.15, -0.1) is 0 Å². The number of likely N-dealkylation sites (N-methyl/N-ethyl adjacent to an activating group) is 1. The van der Waals surface area contributed by atoms with Gasteiger partial charge in [0, 0.05) is 35.7 Å². The van der Waals surface area contributed by atoms with Gasteiger partial charge in [-0.2, -0.15) is 0 Å². The quantitative estimate of drug-likeness (QED) is 0.357. The fourth-order valence-corrected chi connectivity index (χ4v) is 5.61. The first-order chi connectivity index (χ1) is 18.1. The van der Waals surface area contributed by atoms with Crippen molar-refractivity contribution in [1.29, 1.82) is 0 Å². The lowest BCUT2D eigenvalue weighted by Crippen LogP contribution is -2.44. The molecule has 9 nitrogen and oxygen atoms in total. The molecular formula is C28H31FN4O5. The molecule has 0 fully saturated rings. The number of hydrogen-bond donors (Lipinski definition) is 2. The van der Waals surface area contributed by atoms with Crippen molar-refractivity contribution >= 4 is 22.8 Å². The summed E-state index contributed by atoms with van der Waals surface area (Å²) >= 11 is 0. The number of esters is 1. The number of carbonyl (C=O) groups excluding carboxylic acids is 2. The smallest absolute Gasteiger partial charge is 0.343 e. The first-order valence-corrected chi connectivity index (χ1v) is 12.9. The number of aliphatic hydroxyl groups is 1. The number of hydrogen-bond acceptors (Lipinski definition) is 7. The van der Waals surface area contributed by atoms with E-state index in [1.165, 1.54) is 6.07 Å². The van der Waals surface area contributed by atoms with Crippen molar-refractivity contribution in [2.45, 2.75) is 58.8 Å². The third-order valence-electron chi connectivity index (χ3n) is 7.85. The van der Waals surface area contributed by atoms with Gasteiger partial charge in [0.05, 0.1) is 35.6 Å². The number of carbonyl (C=O) groups is 2. The van der Waals surface area contributed by atoms with Gasteiger partial charge in [-0.05, 0) is 56.4 Å². The lowest BCUT2D eigenvalue weighted by atomic mass is 9.86. The van der Waals surface area contributed by atoms with E-state index in [9.17, 15) is 23.9 Å². The molecule has 2 aromatic heterocycles. The molecule has 10 heteroatoms. The van der Waals surface area contributed by atoms with Crippen LogP contribution in [0.25, 0.3) is 22.3 Å². The van der Waals surface area contributed by atoms with Crippen LogP contribution in [-0.4, -0.2) is 51.1 Å². The van der Waals surface area contributed by atoms with Crippen LogP contribution in [0.4, 0.5) is 4.39 Å². The van der Waals surface area contributed by atoms with Gasteiger partial charge in [-0.3, -0.25) is 9.59 Å². The predicted octanol–water partition coefficient (Wildman–Crippen LogP) is 2.27. The van der Waals surface area contributed by atoms with Crippen molar-refractivity contribution in [2.24, 2.45) is 5.73 Å². The molecule has 0 unspecified atom stereocenters. The Kier molecular flexibility index (Phi) is 6.56. The van der Waals surface area contributed by atoms with Crippen molar-refractivity contribution in [3.05, 3.63) is 62.2 Å². The number of nitrogens with two attached hydrogens (primary N) is 1. The SMILES string of the molecule is CCN(CCCc1c2c(nc3cc(F)c(C)cc13)-c1cc3c(c(=O)n1C2)COC(=O)[C@]3(O)CC)C(=O)CN. The molecule has 4 heterocycles. The molecular weight excluding hydrogens is 491 g/mol. The van der Waals surface area contributed by atoms with E-state index in [0.717, 1.165) is 16.5 Å². The summed E-state index contributed by atoms with van der Waals surface area (Å²) in [5.41, 5.74) is 7.47. The second-order valence-corrected chi connectivity index (χ2v) is 9.92. The van der Waals surface area contributed by atoms with Gasteiger partial charge in [0.15, 0.2) is 5.60 Å². The second kappa shape index (κ2) is 9.59. The minimum atomic E-state index is -1.92. The van der Waals surface area contributed by atoms with Crippen LogP contribution in [0, 0.1) is 12.7 Å². The number of rotatable bonds is 7. The van der Waals surface area contributed by atoms with Crippen LogP contribution in [-0.2, 0) is 39.5 Å². The number of halogens is 1. The molecule has 0 aliphatic carbocycles. The third kappa shape index (κ3) is 3.90. The highest BCUT2D eigenvalue weighted by Crippen LogP contribution is 2.40. The third-order valence-corrected chi connectivity index (χ3v) is 7.85. The average molecular weight is 523 g/mol. The maximum Gasteiger partial charge on any atom is 0.343 e. The maximum atomic E-state index is 14.6. The molecule has 1 aromatic carbocycles. The Balaban J connectivity index is 1.66. The zero-order valence-electron chi connectivity index (χ0n) is 21.8. The fraction of sp³-hybridized carbons (Fsp3) is 0.429. The van der Waals surface area contributed by atoms with Crippen LogP contribution in [0.5, 0.6) is 0 Å². The molecule has 2 aliphatic heterocycles. The Morgan fingerprint density at radius 1 is 1.26 bits per heavy atom. The van der Waals surface area contributed by atoms with E-state index in [4.69, 9.17) is 15.5 Å². The minimum absolute atomic E-state index is 0.0465. The molecule has 1 atom stereocenters. The fourth-order valence-electron chi connectivity index (χ4n) is 5.61. The van der Waals surface area contributed by atoms with Gasteiger partial charge in [-0.1, -0.05) is 6.92 Å². The summed E-state index contributed by atoms with van der Waals surface area (Å²) in [6.07, 6.45) is 1.26. The highest BCUT2D eigenvalue weighted by atomic mass is 19.1. The zero-order chi connectivity index (χ0) is 27.4. The summed E-state index contributed by atoms with van der Waals surface area (Å²) in [5.74, 6) is -1.29. The van der Waals surface area contributed by atoms with E-state index < -0.39 is 11.6 Å². The van der Waals surface area contributed by atoms with Gasteiger partial charge in [-0.25, -0.2) is 14.2 Å². The summed E-state index contributed by atoms with van der Waals surface area (Å²) in [7, 11) is 0. The summed E-state index contributed by atoms with van der Waals surface area (Å²) in [6.45, 7) is 6.29. The van der Waals surface area contributed by atoms with Gasteiger partial charge in [0.2, 0.25) is 5.91 Å². The number of ether oxygens (including phenoxy) is 1. The van der Waals surface area contributed by atoms with Crippen molar-refractivity contribution in [3.63, 3.8) is 0 Å². The summed E-state index contributed by atoms with van der Waals surface area (Å²) in [6, 6.07) is 4.82.